The molecule has 3 rings (SSSR count). The Morgan fingerprint density at radius 3 is 2.80 bits per heavy atom. The summed E-state index contributed by atoms with van der Waals surface area (Å²) in [5.41, 5.74) is 0.0933. The van der Waals surface area contributed by atoms with E-state index in [1.165, 1.54) is 13.3 Å². The number of anilines is 1. The third-order valence-corrected chi connectivity index (χ3v) is 4.53. The summed E-state index contributed by atoms with van der Waals surface area (Å²) in [6.07, 6.45) is 3.91. The molecule has 0 spiro atoms. The normalized spacial score (nSPS) is 17.0. The highest BCUT2D eigenvalue weighted by Gasteiger charge is 2.35. The van der Waals surface area contributed by atoms with E-state index in [9.17, 15) is 9.18 Å². The fourth-order valence-electron chi connectivity index (χ4n) is 3.03. The second-order valence-electron chi connectivity index (χ2n) is 6.35. The number of aromatic nitrogens is 4. The van der Waals surface area contributed by atoms with Crippen molar-refractivity contribution < 1.29 is 13.9 Å². The molecular weight excluding hydrogens is 327 g/mol. The van der Waals surface area contributed by atoms with Crippen molar-refractivity contribution in [2.75, 3.05) is 38.3 Å². The maximum Gasteiger partial charge on any atom is 0.216 e. The monoisotopic (exact) mass is 350 g/mol. The maximum atomic E-state index is 14.8. The van der Waals surface area contributed by atoms with E-state index in [2.05, 4.69) is 20.3 Å². The largest absolute Gasteiger partial charge is 0.383 e. The molecule has 2 aromatic rings. The van der Waals surface area contributed by atoms with Crippen molar-refractivity contribution in [2.24, 2.45) is 0 Å². The van der Waals surface area contributed by atoms with E-state index >= 15 is 0 Å². The van der Waals surface area contributed by atoms with Gasteiger partial charge in [-0.2, -0.15) is 0 Å². The zero-order valence-electron chi connectivity index (χ0n) is 14.5. The van der Waals surface area contributed by atoms with Gasteiger partial charge in [-0.25, -0.2) is 19.3 Å². The summed E-state index contributed by atoms with van der Waals surface area (Å²) in [5, 5.41) is 2.58. The molecule has 0 aliphatic carbocycles. The number of hydrogen-bond acceptors (Lipinski definition) is 6. The number of hydrogen-bond donors (Lipinski definition) is 1. The quantitative estimate of drug-likeness (QED) is 0.834. The van der Waals surface area contributed by atoms with Gasteiger partial charge in [-0.1, -0.05) is 0 Å². The van der Waals surface area contributed by atoms with Crippen LogP contribution in [0.25, 0.3) is 11.2 Å². The smallest absolute Gasteiger partial charge is 0.216 e. The predicted octanol–water partition coefficient (Wildman–Crippen LogP) is 0.917. The van der Waals surface area contributed by atoms with Crippen LogP contribution in [0, 0.1) is 0 Å². The number of piperidine rings is 1. The van der Waals surface area contributed by atoms with E-state index in [1.807, 2.05) is 9.47 Å². The highest BCUT2D eigenvalue weighted by atomic mass is 19.1. The van der Waals surface area contributed by atoms with Gasteiger partial charge in [-0.15, -0.1) is 0 Å². The van der Waals surface area contributed by atoms with Crippen LogP contribution in [0.2, 0.25) is 0 Å². The summed E-state index contributed by atoms with van der Waals surface area (Å²) in [5.74, 6) is 0.515. The molecule has 0 aromatic carbocycles. The second-order valence-corrected chi connectivity index (χ2v) is 6.35. The SMILES string of the molecule is COCCn1cnc2c(N3CCC(F)(CNC(C)=O)CC3)ncnc21. The molecule has 1 N–H and O–H groups in total. The molecule has 8 nitrogen and oxygen atoms in total. The molecule has 136 valence electrons. The molecule has 0 bridgehead atoms. The Hall–Kier alpha value is -2.29. The first-order valence-electron chi connectivity index (χ1n) is 8.35. The van der Waals surface area contributed by atoms with Crippen LogP contribution in [0.1, 0.15) is 19.8 Å². The van der Waals surface area contributed by atoms with Crippen molar-refractivity contribution in [3.05, 3.63) is 12.7 Å². The molecule has 1 aliphatic heterocycles. The summed E-state index contributed by atoms with van der Waals surface area (Å²) in [4.78, 5) is 26.2. The Morgan fingerprint density at radius 2 is 2.12 bits per heavy atom. The topological polar surface area (TPSA) is 85.2 Å². The summed E-state index contributed by atoms with van der Waals surface area (Å²) < 4.78 is 21.8. The van der Waals surface area contributed by atoms with E-state index in [4.69, 9.17) is 4.74 Å². The van der Waals surface area contributed by atoms with Gasteiger partial charge in [0, 0.05) is 46.5 Å². The van der Waals surface area contributed by atoms with Gasteiger partial charge in [0.1, 0.15) is 12.0 Å². The van der Waals surface area contributed by atoms with E-state index in [1.54, 1.807) is 13.4 Å². The van der Waals surface area contributed by atoms with Crippen LogP contribution in [-0.4, -0.2) is 64.4 Å². The van der Waals surface area contributed by atoms with Gasteiger partial charge in [0.25, 0.3) is 0 Å². The predicted molar refractivity (Wildman–Crippen MR) is 91.2 cm³/mol. The average molecular weight is 350 g/mol. The molecule has 1 fully saturated rings. The fraction of sp³-hybridized carbons (Fsp3) is 0.625. The number of fused-ring (bicyclic) bond motifs is 1. The molecule has 1 aliphatic rings. The van der Waals surface area contributed by atoms with Crippen molar-refractivity contribution in [3.8, 4) is 0 Å². The molecule has 0 saturated carbocycles. The highest BCUT2D eigenvalue weighted by Crippen LogP contribution is 2.30. The lowest BCUT2D eigenvalue weighted by Crippen LogP contribution is -2.48. The minimum Gasteiger partial charge on any atom is -0.383 e. The number of methoxy groups -OCH3 is 1. The molecular formula is C16H23FN6O2. The fourth-order valence-corrected chi connectivity index (χ4v) is 3.03. The zero-order valence-corrected chi connectivity index (χ0v) is 14.5. The standard InChI is InChI=1S/C16H23FN6O2/c1-12(24)18-9-16(17)3-5-22(6-4-16)14-13-15(20-10-19-14)23(11-21-13)7-8-25-2/h10-11H,3-9H2,1-2H3,(H,18,24). The number of alkyl halides is 1. The molecule has 3 heterocycles. The number of carbonyl (C=O) groups excluding carboxylic acids is 1. The molecule has 1 amide bonds. The minimum absolute atomic E-state index is 0.0566. The van der Waals surface area contributed by atoms with E-state index < -0.39 is 5.67 Å². The first-order valence-corrected chi connectivity index (χ1v) is 8.35. The van der Waals surface area contributed by atoms with Gasteiger partial charge in [0.15, 0.2) is 17.0 Å². The molecule has 0 atom stereocenters. The van der Waals surface area contributed by atoms with Gasteiger partial charge in [-0.05, 0) is 0 Å². The number of nitrogens with zero attached hydrogens (tertiary/aromatic N) is 5. The Kier molecular flexibility index (Phi) is 5.12. The van der Waals surface area contributed by atoms with Crippen LogP contribution in [-0.2, 0) is 16.1 Å². The number of amides is 1. The number of nitrogens with one attached hydrogen (secondary N) is 1. The average Bonchev–Trinajstić information content (AvgIpc) is 3.02. The minimum atomic E-state index is -1.37. The molecule has 1 saturated heterocycles. The molecule has 2 aromatic heterocycles. The van der Waals surface area contributed by atoms with Gasteiger partial charge in [0.2, 0.25) is 5.91 Å². The number of rotatable bonds is 6. The van der Waals surface area contributed by atoms with Crippen molar-refractivity contribution in [2.45, 2.75) is 32.0 Å². The Bertz CT molecular complexity index is 741. The van der Waals surface area contributed by atoms with Crippen molar-refractivity contribution in [3.63, 3.8) is 0 Å². The summed E-state index contributed by atoms with van der Waals surface area (Å²) in [6, 6.07) is 0. The first-order chi connectivity index (χ1) is 12.0. The van der Waals surface area contributed by atoms with Crippen LogP contribution < -0.4 is 10.2 Å². The number of imidazole rings is 1. The summed E-state index contributed by atoms with van der Waals surface area (Å²) in [7, 11) is 1.65. The van der Waals surface area contributed by atoms with Crippen LogP contribution >= 0.6 is 0 Å². The van der Waals surface area contributed by atoms with Gasteiger partial charge < -0.3 is 19.5 Å². The van der Waals surface area contributed by atoms with E-state index in [0.29, 0.717) is 44.6 Å². The number of ether oxygens (including phenoxy) is 1. The Morgan fingerprint density at radius 1 is 1.36 bits per heavy atom. The first kappa shape index (κ1) is 17.5. The van der Waals surface area contributed by atoms with E-state index in [0.717, 1.165) is 11.5 Å². The number of halogens is 1. The third-order valence-electron chi connectivity index (χ3n) is 4.53. The van der Waals surface area contributed by atoms with Crippen LogP contribution in [0.4, 0.5) is 10.2 Å². The van der Waals surface area contributed by atoms with Crippen molar-refractivity contribution >= 4 is 22.9 Å². The molecule has 9 heteroatoms. The van der Waals surface area contributed by atoms with Gasteiger partial charge in [-0.3, -0.25) is 4.79 Å². The Balaban J connectivity index is 1.73. The second kappa shape index (κ2) is 7.30. The van der Waals surface area contributed by atoms with Crippen LogP contribution in [0.3, 0.4) is 0 Å². The molecule has 25 heavy (non-hydrogen) atoms. The van der Waals surface area contributed by atoms with Gasteiger partial charge >= 0.3 is 0 Å². The van der Waals surface area contributed by atoms with Crippen molar-refractivity contribution in [1.82, 2.24) is 24.8 Å². The van der Waals surface area contributed by atoms with Crippen LogP contribution in [0.15, 0.2) is 12.7 Å². The maximum absolute atomic E-state index is 14.8. The lowest BCUT2D eigenvalue weighted by molar-refractivity contribution is -0.119. The van der Waals surface area contributed by atoms with Gasteiger partial charge in [0.05, 0.1) is 19.5 Å². The van der Waals surface area contributed by atoms with Crippen LogP contribution in [0.5, 0.6) is 0 Å². The molecule has 0 radical (unpaired) electrons. The summed E-state index contributed by atoms with van der Waals surface area (Å²) in [6.45, 7) is 3.73. The lowest BCUT2D eigenvalue weighted by atomic mass is 9.93. The summed E-state index contributed by atoms with van der Waals surface area (Å²) >= 11 is 0. The lowest BCUT2D eigenvalue weighted by Gasteiger charge is -2.36. The zero-order chi connectivity index (χ0) is 17.9. The molecule has 0 unspecified atom stereocenters. The Labute approximate surface area is 145 Å². The third kappa shape index (κ3) is 3.87. The highest BCUT2D eigenvalue weighted by molar-refractivity contribution is 5.83. The number of carbonyl (C=O) groups is 1. The van der Waals surface area contributed by atoms with E-state index in [-0.39, 0.29) is 12.5 Å². The van der Waals surface area contributed by atoms with Crippen molar-refractivity contribution in [1.29, 1.82) is 0 Å².